The Morgan fingerprint density at radius 2 is 1.26 bits per heavy atom. The van der Waals surface area contributed by atoms with E-state index >= 15 is 0 Å². The van der Waals surface area contributed by atoms with E-state index in [9.17, 15) is 0 Å². The SMILES string of the molecule is C1CCC(C2CCC(CCC3OCCO3)CC2)CC1. The molecule has 3 fully saturated rings. The van der Waals surface area contributed by atoms with Crippen LogP contribution in [0.25, 0.3) is 0 Å². The zero-order valence-electron chi connectivity index (χ0n) is 12.3. The zero-order valence-corrected chi connectivity index (χ0v) is 12.3. The fourth-order valence-electron chi connectivity index (χ4n) is 4.50. The van der Waals surface area contributed by atoms with Gasteiger partial charge in [-0.1, -0.05) is 44.9 Å². The second-order valence-electron chi connectivity index (χ2n) is 6.93. The van der Waals surface area contributed by atoms with Crippen LogP contribution in [0, 0.1) is 17.8 Å². The molecule has 3 rings (SSSR count). The van der Waals surface area contributed by atoms with E-state index in [2.05, 4.69) is 0 Å². The van der Waals surface area contributed by atoms with E-state index in [4.69, 9.17) is 9.47 Å². The lowest BCUT2D eigenvalue weighted by molar-refractivity contribution is -0.0514. The van der Waals surface area contributed by atoms with Crippen LogP contribution in [0.15, 0.2) is 0 Å². The molecular weight excluding hydrogens is 236 g/mol. The fraction of sp³-hybridized carbons (Fsp3) is 1.00. The first-order chi connectivity index (χ1) is 9.42. The van der Waals surface area contributed by atoms with Crippen molar-refractivity contribution < 1.29 is 9.47 Å². The molecule has 0 unspecified atom stereocenters. The van der Waals surface area contributed by atoms with Crippen molar-refractivity contribution in [1.82, 2.24) is 0 Å². The molecule has 1 saturated heterocycles. The highest BCUT2D eigenvalue weighted by Crippen LogP contribution is 2.41. The van der Waals surface area contributed by atoms with Gasteiger partial charge in [0.05, 0.1) is 13.2 Å². The molecule has 0 atom stereocenters. The first-order valence-corrected chi connectivity index (χ1v) is 8.65. The van der Waals surface area contributed by atoms with Crippen LogP contribution in [0.3, 0.4) is 0 Å². The molecule has 0 aromatic carbocycles. The number of rotatable bonds is 4. The topological polar surface area (TPSA) is 18.5 Å². The van der Waals surface area contributed by atoms with Crippen LogP contribution in [0.1, 0.15) is 70.6 Å². The van der Waals surface area contributed by atoms with Gasteiger partial charge in [0, 0.05) is 0 Å². The van der Waals surface area contributed by atoms with Gasteiger partial charge in [-0.2, -0.15) is 0 Å². The van der Waals surface area contributed by atoms with E-state index in [0.29, 0.717) is 0 Å². The molecule has 0 aromatic rings. The fourth-order valence-corrected chi connectivity index (χ4v) is 4.50. The Morgan fingerprint density at radius 3 is 1.95 bits per heavy atom. The van der Waals surface area contributed by atoms with Crippen LogP contribution in [0.4, 0.5) is 0 Å². The average Bonchev–Trinajstić information content (AvgIpc) is 3.00. The molecule has 0 radical (unpaired) electrons. The summed E-state index contributed by atoms with van der Waals surface area (Å²) >= 11 is 0. The molecule has 2 aliphatic carbocycles. The molecule has 1 heterocycles. The van der Waals surface area contributed by atoms with Gasteiger partial charge in [0.15, 0.2) is 6.29 Å². The Kier molecular flexibility index (Phi) is 5.17. The smallest absolute Gasteiger partial charge is 0.157 e. The van der Waals surface area contributed by atoms with E-state index in [1.165, 1.54) is 64.2 Å². The molecule has 1 aliphatic heterocycles. The van der Waals surface area contributed by atoms with Gasteiger partial charge < -0.3 is 9.47 Å². The van der Waals surface area contributed by atoms with Crippen LogP contribution in [0.2, 0.25) is 0 Å². The minimum absolute atomic E-state index is 0.121. The lowest BCUT2D eigenvalue weighted by Gasteiger charge is -2.36. The third-order valence-electron chi connectivity index (χ3n) is 5.71. The van der Waals surface area contributed by atoms with Crippen LogP contribution in [-0.2, 0) is 9.47 Å². The monoisotopic (exact) mass is 266 g/mol. The quantitative estimate of drug-likeness (QED) is 0.744. The van der Waals surface area contributed by atoms with Gasteiger partial charge in [0.2, 0.25) is 0 Å². The maximum absolute atomic E-state index is 5.54. The minimum atomic E-state index is 0.121. The lowest BCUT2D eigenvalue weighted by Crippen LogP contribution is -2.24. The summed E-state index contributed by atoms with van der Waals surface area (Å²) in [5, 5.41) is 0. The summed E-state index contributed by atoms with van der Waals surface area (Å²) in [5.41, 5.74) is 0. The van der Waals surface area contributed by atoms with Crippen molar-refractivity contribution in [3.05, 3.63) is 0 Å². The van der Waals surface area contributed by atoms with Crippen LogP contribution < -0.4 is 0 Å². The molecule has 0 aromatic heterocycles. The summed E-state index contributed by atoms with van der Waals surface area (Å²) in [6.45, 7) is 1.61. The van der Waals surface area contributed by atoms with Crippen molar-refractivity contribution in [2.75, 3.05) is 13.2 Å². The Hall–Kier alpha value is -0.0800. The van der Waals surface area contributed by atoms with Gasteiger partial charge in [-0.05, 0) is 43.4 Å². The van der Waals surface area contributed by atoms with Crippen molar-refractivity contribution in [3.8, 4) is 0 Å². The lowest BCUT2D eigenvalue weighted by atomic mass is 9.70. The maximum atomic E-state index is 5.54. The molecule has 19 heavy (non-hydrogen) atoms. The van der Waals surface area contributed by atoms with E-state index in [1.807, 2.05) is 0 Å². The van der Waals surface area contributed by atoms with Gasteiger partial charge in [-0.15, -0.1) is 0 Å². The standard InChI is InChI=1S/C17H30O2/c1-2-4-15(5-3-1)16-9-6-14(7-10-16)8-11-17-18-12-13-19-17/h14-17H,1-13H2. The van der Waals surface area contributed by atoms with Crippen LogP contribution >= 0.6 is 0 Å². The molecule has 0 N–H and O–H groups in total. The Morgan fingerprint density at radius 1 is 0.632 bits per heavy atom. The normalized spacial score (nSPS) is 34.7. The summed E-state index contributed by atoms with van der Waals surface area (Å²) in [4.78, 5) is 0. The highest BCUT2D eigenvalue weighted by atomic mass is 16.7. The second-order valence-corrected chi connectivity index (χ2v) is 6.93. The van der Waals surface area contributed by atoms with Crippen molar-refractivity contribution in [2.24, 2.45) is 17.8 Å². The van der Waals surface area contributed by atoms with Crippen LogP contribution in [0.5, 0.6) is 0 Å². The van der Waals surface area contributed by atoms with Crippen molar-refractivity contribution >= 4 is 0 Å². The van der Waals surface area contributed by atoms with Crippen molar-refractivity contribution in [3.63, 3.8) is 0 Å². The number of ether oxygens (including phenoxy) is 2. The third-order valence-corrected chi connectivity index (χ3v) is 5.71. The zero-order chi connectivity index (χ0) is 12.9. The van der Waals surface area contributed by atoms with Gasteiger partial charge in [0.25, 0.3) is 0 Å². The average molecular weight is 266 g/mol. The summed E-state index contributed by atoms with van der Waals surface area (Å²) in [5.74, 6) is 3.10. The van der Waals surface area contributed by atoms with Gasteiger partial charge in [0.1, 0.15) is 0 Å². The maximum Gasteiger partial charge on any atom is 0.157 e. The van der Waals surface area contributed by atoms with Crippen LogP contribution in [-0.4, -0.2) is 19.5 Å². The second kappa shape index (κ2) is 7.08. The molecule has 3 aliphatic rings. The summed E-state index contributed by atoms with van der Waals surface area (Å²) in [6, 6.07) is 0. The van der Waals surface area contributed by atoms with E-state index in [1.54, 1.807) is 0 Å². The minimum Gasteiger partial charge on any atom is -0.350 e. The molecule has 0 spiro atoms. The van der Waals surface area contributed by atoms with E-state index in [-0.39, 0.29) is 6.29 Å². The van der Waals surface area contributed by atoms with E-state index in [0.717, 1.165) is 37.4 Å². The summed E-state index contributed by atoms with van der Waals surface area (Å²) in [7, 11) is 0. The molecule has 2 nitrogen and oxygen atoms in total. The van der Waals surface area contributed by atoms with Gasteiger partial charge in [-0.25, -0.2) is 0 Å². The first-order valence-electron chi connectivity index (χ1n) is 8.65. The highest BCUT2D eigenvalue weighted by molar-refractivity contribution is 4.80. The molecule has 2 saturated carbocycles. The number of hydrogen-bond acceptors (Lipinski definition) is 2. The third kappa shape index (κ3) is 3.95. The van der Waals surface area contributed by atoms with Gasteiger partial charge in [-0.3, -0.25) is 0 Å². The number of hydrogen-bond donors (Lipinski definition) is 0. The van der Waals surface area contributed by atoms with Crippen molar-refractivity contribution in [1.29, 1.82) is 0 Å². The predicted molar refractivity (Wildman–Crippen MR) is 76.9 cm³/mol. The molecule has 110 valence electrons. The Bertz CT molecular complexity index is 246. The summed E-state index contributed by atoms with van der Waals surface area (Å²) in [6.07, 6.45) is 16.1. The van der Waals surface area contributed by atoms with Gasteiger partial charge >= 0.3 is 0 Å². The predicted octanol–water partition coefficient (Wildman–Crippen LogP) is 4.53. The molecule has 2 heteroatoms. The van der Waals surface area contributed by atoms with E-state index < -0.39 is 0 Å². The Balaban J connectivity index is 1.34. The first kappa shape index (κ1) is 13.9. The highest BCUT2D eigenvalue weighted by Gasteiger charge is 2.29. The molecule has 0 bridgehead atoms. The van der Waals surface area contributed by atoms with Crippen molar-refractivity contribution in [2.45, 2.75) is 76.9 Å². The summed E-state index contributed by atoms with van der Waals surface area (Å²) < 4.78 is 11.1. The molecule has 0 amide bonds. The molecular formula is C17H30O2. The Labute approximate surface area is 118 Å². The largest absolute Gasteiger partial charge is 0.350 e.